The van der Waals surface area contributed by atoms with E-state index in [1.165, 1.54) is 0 Å². The number of rotatable bonds is 8. The molecule has 1 atom stereocenters. The van der Waals surface area contributed by atoms with Gasteiger partial charge in [-0.1, -0.05) is 23.7 Å². The van der Waals surface area contributed by atoms with Crippen molar-refractivity contribution in [1.29, 1.82) is 0 Å². The lowest BCUT2D eigenvalue weighted by Crippen LogP contribution is -2.46. The molecule has 2 aromatic carbocycles. The molecule has 2 heterocycles. The Morgan fingerprint density at radius 3 is 2.66 bits per heavy atom. The molecule has 1 amide bonds. The zero-order valence-corrected chi connectivity index (χ0v) is 21.8. The molecule has 0 spiro atoms. The number of fused-ring (bicyclic) bond motifs is 1. The smallest absolute Gasteiger partial charge is 0.410 e. The van der Waals surface area contributed by atoms with Crippen molar-refractivity contribution in [3.05, 3.63) is 59.4 Å². The summed E-state index contributed by atoms with van der Waals surface area (Å²) in [7, 11) is 0. The van der Waals surface area contributed by atoms with Crippen molar-refractivity contribution >= 4 is 28.7 Å². The number of aromatic nitrogens is 2. The molecule has 1 saturated heterocycles. The van der Waals surface area contributed by atoms with Gasteiger partial charge in [0.05, 0.1) is 17.6 Å². The number of halogens is 1. The minimum Gasteiger partial charge on any atom is -0.493 e. The zero-order chi connectivity index (χ0) is 24.8. The maximum Gasteiger partial charge on any atom is 0.410 e. The van der Waals surface area contributed by atoms with E-state index in [1.54, 1.807) is 0 Å². The third-order valence-electron chi connectivity index (χ3n) is 6.32. The van der Waals surface area contributed by atoms with Crippen LogP contribution in [0.5, 0.6) is 5.75 Å². The average Bonchev–Trinajstić information content (AvgIpc) is 3.17. The molecule has 1 aliphatic heterocycles. The topological polar surface area (TPSA) is 56.6 Å². The number of amides is 1. The average molecular weight is 498 g/mol. The van der Waals surface area contributed by atoms with Gasteiger partial charge in [-0.15, -0.1) is 0 Å². The molecule has 1 aliphatic rings. The summed E-state index contributed by atoms with van der Waals surface area (Å²) in [6.07, 6.45) is 5.68. The van der Waals surface area contributed by atoms with Crippen LogP contribution in [0.1, 0.15) is 58.7 Å². The Morgan fingerprint density at radius 1 is 1.11 bits per heavy atom. The molecule has 1 fully saturated rings. The Labute approximate surface area is 213 Å². The van der Waals surface area contributed by atoms with E-state index < -0.39 is 5.60 Å². The Kier molecular flexibility index (Phi) is 8.22. The number of hydrogen-bond acceptors (Lipinski definition) is 4. The van der Waals surface area contributed by atoms with Crippen molar-refractivity contribution in [2.45, 2.75) is 77.5 Å². The number of ether oxygens (including phenoxy) is 2. The zero-order valence-electron chi connectivity index (χ0n) is 21.0. The highest BCUT2D eigenvalue weighted by Gasteiger charge is 2.30. The molecule has 35 heavy (non-hydrogen) atoms. The lowest BCUT2D eigenvalue weighted by atomic mass is 9.98. The van der Waals surface area contributed by atoms with E-state index in [0.717, 1.165) is 67.8 Å². The summed E-state index contributed by atoms with van der Waals surface area (Å²) in [6.45, 7) is 7.95. The van der Waals surface area contributed by atoms with Crippen LogP contribution in [0.3, 0.4) is 0 Å². The van der Waals surface area contributed by atoms with Gasteiger partial charge in [0.1, 0.15) is 17.2 Å². The van der Waals surface area contributed by atoms with Crippen LogP contribution in [0.25, 0.3) is 11.0 Å². The first-order valence-electron chi connectivity index (χ1n) is 12.6. The van der Waals surface area contributed by atoms with Crippen LogP contribution in [0.15, 0.2) is 48.5 Å². The van der Waals surface area contributed by atoms with Gasteiger partial charge in [-0.3, -0.25) is 0 Å². The van der Waals surface area contributed by atoms with E-state index in [9.17, 15) is 4.79 Å². The molecule has 4 rings (SSSR count). The number of para-hydroxylation sites is 2. The maximum absolute atomic E-state index is 12.8. The number of aryl methyl sites for hydroxylation is 1. The van der Waals surface area contributed by atoms with Crippen molar-refractivity contribution < 1.29 is 14.3 Å². The predicted molar refractivity (Wildman–Crippen MR) is 140 cm³/mol. The molecule has 6 nitrogen and oxygen atoms in total. The second-order valence-electron chi connectivity index (χ2n) is 10.2. The van der Waals surface area contributed by atoms with Gasteiger partial charge in [-0.05, 0) is 89.3 Å². The Hall–Kier alpha value is -2.73. The van der Waals surface area contributed by atoms with E-state index in [2.05, 4.69) is 22.8 Å². The summed E-state index contributed by atoms with van der Waals surface area (Å²) in [5.74, 6) is 1.82. The van der Waals surface area contributed by atoms with Crippen LogP contribution in [0.4, 0.5) is 4.79 Å². The van der Waals surface area contributed by atoms with Crippen molar-refractivity contribution in [1.82, 2.24) is 14.5 Å². The fraction of sp³-hybridized carbons (Fsp3) is 0.500. The summed E-state index contributed by atoms with van der Waals surface area (Å²) in [5, 5.41) is 0.697. The largest absolute Gasteiger partial charge is 0.493 e. The molecule has 7 heteroatoms. The van der Waals surface area contributed by atoms with Crippen LogP contribution >= 0.6 is 11.6 Å². The molecule has 0 saturated carbocycles. The Balaban J connectivity index is 1.39. The number of carbonyl (C=O) groups is 1. The van der Waals surface area contributed by atoms with Gasteiger partial charge in [-0.25, -0.2) is 9.78 Å². The molecule has 3 aromatic rings. The number of imidazole rings is 1. The number of hydrogen-bond donors (Lipinski definition) is 0. The normalized spacial score (nSPS) is 16.5. The van der Waals surface area contributed by atoms with Gasteiger partial charge in [0.25, 0.3) is 0 Å². The number of benzene rings is 2. The van der Waals surface area contributed by atoms with Crippen molar-refractivity contribution in [2.75, 3.05) is 13.2 Å². The summed E-state index contributed by atoms with van der Waals surface area (Å²) in [5.41, 5.74) is 1.67. The SMILES string of the molecule is CC(C)(C)OC(=O)N1CCCCC1CCCn1c(CCOc2ccc(Cl)cc2)nc2ccccc21. The van der Waals surface area contributed by atoms with E-state index in [-0.39, 0.29) is 12.1 Å². The molecular formula is C28H36ClN3O3. The fourth-order valence-electron chi connectivity index (χ4n) is 4.70. The molecule has 188 valence electrons. The van der Waals surface area contributed by atoms with Crippen LogP contribution in [0, 0.1) is 0 Å². The van der Waals surface area contributed by atoms with Crippen LogP contribution in [-0.4, -0.2) is 45.3 Å². The minimum atomic E-state index is -0.474. The third kappa shape index (κ3) is 6.91. The van der Waals surface area contributed by atoms with E-state index >= 15 is 0 Å². The van der Waals surface area contributed by atoms with Gasteiger partial charge in [0.15, 0.2) is 0 Å². The quantitative estimate of drug-likeness (QED) is 0.340. The van der Waals surface area contributed by atoms with Crippen LogP contribution in [-0.2, 0) is 17.7 Å². The van der Waals surface area contributed by atoms with Gasteiger partial charge < -0.3 is 18.9 Å². The first kappa shape index (κ1) is 25.4. The molecule has 0 bridgehead atoms. The second-order valence-corrected chi connectivity index (χ2v) is 10.6. The highest BCUT2D eigenvalue weighted by Crippen LogP contribution is 2.25. The number of likely N-dealkylation sites (tertiary alicyclic amines) is 1. The summed E-state index contributed by atoms with van der Waals surface area (Å²) in [4.78, 5) is 19.6. The first-order valence-corrected chi connectivity index (χ1v) is 13.0. The molecule has 0 radical (unpaired) electrons. The minimum absolute atomic E-state index is 0.185. The van der Waals surface area contributed by atoms with Gasteiger partial charge in [-0.2, -0.15) is 0 Å². The lowest BCUT2D eigenvalue weighted by Gasteiger charge is -2.37. The molecule has 0 aliphatic carbocycles. The summed E-state index contributed by atoms with van der Waals surface area (Å²) >= 11 is 5.97. The van der Waals surface area contributed by atoms with Crippen molar-refractivity contribution in [3.63, 3.8) is 0 Å². The summed E-state index contributed by atoms with van der Waals surface area (Å²) < 4.78 is 13.9. The maximum atomic E-state index is 12.8. The van der Waals surface area contributed by atoms with Gasteiger partial charge >= 0.3 is 6.09 Å². The van der Waals surface area contributed by atoms with E-state index in [1.807, 2.05) is 56.0 Å². The number of nitrogens with zero attached hydrogens (tertiary/aromatic N) is 3. The van der Waals surface area contributed by atoms with Crippen molar-refractivity contribution in [3.8, 4) is 5.75 Å². The molecule has 1 unspecified atom stereocenters. The van der Waals surface area contributed by atoms with E-state index in [4.69, 9.17) is 26.1 Å². The Morgan fingerprint density at radius 2 is 1.89 bits per heavy atom. The fourth-order valence-corrected chi connectivity index (χ4v) is 4.83. The molecule has 1 aromatic heterocycles. The van der Waals surface area contributed by atoms with Gasteiger partial charge in [0, 0.05) is 30.6 Å². The Bertz CT molecular complexity index is 1120. The second kappa shape index (κ2) is 11.3. The van der Waals surface area contributed by atoms with Crippen molar-refractivity contribution in [2.24, 2.45) is 0 Å². The number of piperidine rings is 1. The van der Waals surface area contributed by atoms with Crippen LogP contribution in [0.2, 0.25) is 5.02 Å². The lowest BCUT2D eigenvalue weighted by molar-refractivity contribution is 0.00852. The highest BCUT2D eigenvalue weighted by molar-refractivity contribution is 6.30. The highest BCUT2D eigenvalue weighted by atomic mass is 35.5. The van der Waals surface area contributed by atoms with Gasteiger partial charge in [0.2, 0.25) is 0 Å². The van der Waals surface area contributed by atoms with Crippen LogP contribution < -0.4 is 4.74 Å². The third-order valence-corrected chi connectivity index (χ3v) is 6.57. The summed E-state index contributed by atoms with van der Waals surface area (Å²) in [6, 6.07) is 15.9. The predicted octanol–water partition coefficient (Wildman–Crippen LogP) is 6.88. The monoisotopic (exact) mass is 497 g/mol. The van der Waals surface area contributed by atoms with E-state index in [0.29, 0.717) is 18.1 Å². The standard InChI is InChI=1S/C28H36ClN3O3/c1-28(2,3)35-27(33)31-18-7-6-9-22(31)10-8-19-32-25-12-5-4-11-24(25)30-26(32)17-20-34-23-15-13-21(29)14-16-23/h4-5,11-16,22H,6-10,17-20H2,1-3H3. The molecular weight excluding hydrogens is 462 g/mol. The molecule has 0 N–H and O–H groups in total. The first-order chi connectivity index (χ1) is 16.8. The number of carbonyl (C=O) groups excluding carboxylic acids is 1.